The van der Waals surface area contributed by atoms with Crippen LogP contribution in [0.5, 0.6) is 17.2 Å². The molecule has 1 heterocycles. The molecule has 5 heteroatoms. The van der Waals surface area contributed by atoms with E-state index in [9.17, 15) is 4.79 Å². The molecule has 0 aromatic heterocycles. The molecule has 3 aromatic rings. The first-order chi connectivity index (χ1) is 14.2. The van der Waals surface area contributed by atoms with Crippen LogP contribution < -0.4 is 14.2 Å². The Morgan fingerprint density at radius 2 is 1.69 bits per heavy atom. The number of fused-ring (bicyclic) bond motifs is 1. The first-order valence-electron chi connectivity index (χ1n) is 9.41. The first kappa shape index (κ1) is 18.9. The molecule has 4 rings (SSSR count). The van der Waals surface area contributed by atoms with Gasteiger partial charge in [-0.15, -0.1) is 0 Å². The van der Waals surface area contributed by atoms with Crippen molar-refractivity contribution in [2.24, 2.45) is 0 Å². The second-order valence-corrected chi connectivity index (χ2v) is 6.78. The molecule has 3 aromatic carbocycles. The average Bonchev–Trinajstić information content (AvgIpc) is 2.77. The highest BCUT2D eigenvalue weighted by molar-refractivity contribution is 5.95. The summed E-state index contributed by atoms with van der Waals surface area (Å²) < 4.78 is 22.5. The van der Waals surface area contributed by atoms with Gasteiger partial charge in [0.15, 0.2) is 11.5 Å². The lowest BCUT2D eigenvalue weighted by atomic mass is 9.94. The first-order valence-corrected chi connectivity index (χ1v) is 9.41. The lowest BCUT2D eigenvalue weighted by Crippen LogP contribution is -2.22. The number of cyclic esters (lactones) is 1. The van der Waals surface area contributed by atoms with Crippen LogP contribution in [0.2, 0.25) is 0 Å². The van der Waals surface area contributed by atoms with Gasteiger partial charge in [0.25, 0.3) is 0 Å². The van der Waals surface area contributed by atoms with Crippen LogP contribution in [0.4, 0.5) is 0 Å². The zero-order valence-corrected chi connectivity index (χ0v) is 16.4. The molecule has 0 bridgehead atoms. The average molecular weight is 390 g/mol. The molecule has 0 spiro atoms. The second-order valence-electron chi connectivity index (χ2n) is 6.78. The second kappa shape index (κ2) is 8.27. The Morgan fingerprint density at radius 1 is 0.897 bits per heavy atom. The van der Waals surface area contributed by atoms with Crippen LogP contribution >= 0.6 is 0 Å². The van der Waals surface area contributed by atoms with E-state index in [4.69, 9.17) is 18.9 Å². The van der Waals surface area contributed by atoms with Gasteiger partial charge in [-0.05, 0) is 34.9 Å². The van der Waals surface area contributed by atoms with Crippen molar-refractivity contribution in [2.75, 3.05) is 14.2 Å². The molecular weight excluding hydrogens is 368 g/mol. The van der Waals surface area contributed by atoms with Gasteiger partial charge in [-0.3, -0.25) is 0 Å². The summed E-state index contributed by atoms with van der Waals surface area (Å²) in [5.74, 6) is 1.40. The van der Waals surface area contributed by atoms with Crippen molar-refractivity contribution in [3.8, 4) is 17.2 Å². The number of hydrogen-bond donors (Lipinski definition) is 0. The molecule has 1 unspecified atom stereocenters. The minimum absolute atomic E-state index is 0.378. The summed E-state index contributed by atoms with van der Waals surface area (Å²) in [4.78, 5) is 12.6. The van der Waals surface area contributed by atoms with Crippen molar-refractivity contribution >= 4 is 5.97 Å². The van der Waals surface area contributed by atoms with Crippen LogP contribution in [0.25, 0.3) is 0 Å². The molecular formula is C24H22O5. The van der Waals surface area contributed by atoms with E-state index in [1.165, 1.54) is 0 Å². The van der Waals surface area contributed by atoms with Gasteiger partial charge in [0, 0.05) is 6.42 Å². The standard InChI is InChI=1S/C24H22O5/c1-26-19-12-11-17(13-22(19)28-15-16-7-4-3-5-8-16)21-14-18-9-6-10-20(27-2)23(18)24(25)29-21/h3-13,21H,14-15H2,1-2H3. The Bertz CT molecular complexity index is 1010. The highest BCUT2D eigenvalue weighted by atomic mass is 16.5. The van der Waals surface area contributed by atoms with E-state index in [-0.39, 0.29) is 5.97 Å². The van der Waals surface area contributed by atoms with Gasteiger partial charge in [0.2, 0.25) is 0 Å². The molecule has 1 aliphatic rings. The Kier molecular flexibility index (Phi) is 5.38. The fourth-order valence-electron chi connectivity index (χ4n) is 3.51. The van der Waals surface area contributed by atoms with Gasteiger partial charge in [-0.25, -0.2) is 4.79 Å². The number of methoxy groups -OCH3 is 2. The molecule has 1 aliphatic heterocycles. The van der Waals surface area contributed by atoms with Crippen molar-refractivity contribution in [3.63, 3.8) is 0 Å². The van der Waals surface area contributed by atoms with Gasteiger partial charge in [-0.2, -0.15) is 0 Å². The molecule has 0 aliphatic carbocycles. The molecule has 5 nitrogen and oxygen atoms in total. The van der Waals surface area contributed by atoms with Gasteiger partial charge < -0.3 is 18.9 Å². The van der Waals surface area contributed by atoms with Gasteiger partial charge in [-0.1, -0.05) is 48.5 Å². The summed E-state index contributed by atoms with van der Waals surface area (Å²) in [6, 6.07) is 21.1. The number of rotatable bonds is 6. The minimum atomic E-state index is -0.396. The topological polar surface area (TPSA) is 54.0 Å². The molecule has 0 N–H and O–H groups in total. The molecule has 0 saturated carbocycles. The van der Waals surface area contributed by atoms with E-state index in [1.54, 1.807) is 20.3 Å². The van der Waals surface area contributed by atoms with Crippen LogP contribution in [0.3, 0.4) is 0 Å². The predicted molar refractivity (Wildman–Crippen MR) is 109 cm³/mol. The van der Waals surface area contributed by atoms with Crippen LogP contribution in [0, 0.1) is 0 Å². The highest BCUT2D eigenvalue weighted by Gasteiger charge is 2.30. The monoisotopic (exact) mass is 390 g/mol. The quantitative estimate of drug-likeness (QED) is 0.569. The number of hydrogen-bond acceptors (Lipinski definition) is 5. The van der Waals surface area contributed by atoms with E-state index in [2.05, 4.69) is 0 Å². The summed E-state index contributed by atoms with van der Waals surface area (Å²) in [5.41, 5.74) is 3.33. The third kappa shape index (κ3) is 3.90. The lowest BCUT2D eigenvalue weighted by molar-refractivity contribution is 0.0247. The van der Waals surface area contributed by atoms with E-state index >= 15 is 0 Å². The number of ether oxygens (including phenoxy) is 4. The van der Waals surface area contributed by atoms with Crippen molar-refractivity contribution in [1.82, 2.24) is 0 Å². The fraction of sp³-hybridized carbons (Fsp3) is 0.208. The molecule has 0 saturated heterocycles. The van der Waals surface area contributed by atoms with Crippen molar-refractivity contribution in [3.05, 3.63) is 89.0 Å². The van der Waals surface area contributed by atoms with Crippen LogP contribution in [-0.2, 0) is 17.8 Å². The van der Waals surface area contributed by atoms with Crippen molar-refractivity contribution < 1.29 is 23.7 Å². The molecule has 148 valence electrons. The molecule has 29 heavy (non-hydrogen) atoms. The van der Waals surface area contributed by atoms with E-state index in [0.717, 1.165) is 16.7 Å². The summed E-state index contributed by atoms with van der Waals surface area (Å²) in [5, 5.41) is 0. The van der Waals surface area contributed by atoms with Crippen LogP contribution in [-0.4, -0.2) is 20.2 Å². The summed E-state index contributed by atoms with van der Waals surface area (Å²) in [6.45, 7) is 0.422. The maximum atomic E-state index is 12.6. The van der Waals surface area contributed by atoms with Crippen LogP contribution in [0.15, 0.2) is 66.7 Å². The molecule has 0 amide bonds. The smallest absolute Gasteiger partial charge is 0.342 e. The predicted octanol–water partition coefficient (Wildman–Crippen LogP) is 4.74. The molecule has 1 atom stereocenters. The van der Waals surface area contributed by atoms with E-state index in [0.29, 0.717) is 35.8 Å². The zero-order valence-electron chi connectivity index (χ0n) is 16.4. The molecule has 0 fully saturated rings. The largest absolute Gasteiger partial charge is 0.496 e. The minimum Gasteiger partial charge on any atom is -0.496 e. The number of carbonyl (C=O) groups excluding carboxylic acids is 1. The van der Waals surface area contributed by atoms with Gasteiger partial charge in [0.05, 0.1) is 14.2 Å². The fourth-order valence-corrected chi connectivity index (χ4v) is 3.51. The number of carbonyl (C=O) groups is 1. The normalized spacial score (nSPS) is 15.2. The van der Waals surface area contributed by atoms with Gasteiger partial charge in [0.1, 0.15) is 24.0 Å². The third-order valence-electron chi connectivity index (χ3n) is 4.99. The maximum Gasteiger partial charge on any atom is 0.342 e. The summed E-state index contributed by atoms with van der Waals surface area (Å²) in [6.07, 6.45) is 0.176. The maximum absolute atomic E-state index is 12.6. The Balaban J connectivity index is 1.59. The van der Waals surface area contributed by atoms with Gasteiger partial charge >= 0.3 is 5.97 Å². The number of benzene rings is 3. The zero-order chi connectivity index (χ0) is 20.2. The third-order valence-corrected chi connectivity index (χ3v) is 4.99. The Hall–Kier alpha value is -3.47. The SMILES string of the molecule is COc1ccc(C2Cc3cccc(OC)c3C(=O)O2)cc1OCc1ccccc1. The molecule has 0 radical (unpaired) electrons. The van der Waals surface area contributed by atoms with E-state index in [1.807, 2.05) is 60.7 Å². The summed E-state index contributed by atoms with van der Waals surface area (Å²) in [7, 11) is 3.16. The van der Waals surface area contributed by atoms with E-state index < -0.39 is 6.10 Å². The highest BCUT2D eigenvalue weighted by Crippen LogP contribution is 2.38. The van der Waals surface area contributed by atoms with Crippen molar-refractivity contribution in [2.45, 2.75) is 19.1 Å². The lowest BCUT2D eigenvalue weighted by Gasteiger charge is -2.26. The number of esters is 1. The Morgan fingerprint density at radius 3 is 2.45 bits per heavy atom. The van der Waals surface area contributed by atoms with Crippen LogP contribution in [0.1, 0.15) is 33.2 Å². The van der Waals surface area contributed by atoms with Crippen molar-refractivity contribution in [1.29, 1.82) is 0 Å². The Labute approximate surface area is 169 Å². The summed E-state index contributed by atoms with van der Waals surface area (Å²) >= 11 is 0.